The van der Waals surface area contributed by atoms with Gasteiger partial charge in [-0.25, -0.2) is 0 Å². The summed E-state index contributed by atoms with van der Waals surface area (Å²) in [6.07, 6.45) is 0.289. The Balaban J connectivity index is 3.19. The molecule has 0 rings (SSSR count). The molecule has 0 radical (unpaired) electrons. The highest BCUT2D eigenvalue weighted by atomic mass is 16.5. The topological polar surface area (TPSA) is 58.6 Å². The second-order valence-electron chi connectivity index (χ2n) is 1.57. The van der Waals surface area contributed by atoms with Gasteiger partial charge in [0.25, 0.3) is 0 Å². The highest BCUT2D eigenvalue weighted by molar-refractivity contribution is 5.45. The predicted molar refractivity (Wildman–Crippen MR) is 31.9 cm³/mol. The minimum Gasteiger partial charge on any atom is -0.394 e. The Morgan fingerprint density at radius 2 is 2.56 bits per heavy atom. The molecule has 0 aromatic carbocycles. The van der Waals surface area contributed by atoms with Gasteiger partial charge in [0.1, 0.15) is 0 Å². The van der Waals surface area contributed by atoms with Gasteiger partial charge in [0, 0.05) is 13.7 Å². The molecule has 2 N–H and O–H groups in total. The lowest BCUT2D eigenvalue weighted by Gasteiger charge is -2.09. The minimum atomic E-state index is -0.282. The number of amides is 1. The van der Waals surface area contributed by atoms with Crippen LogP contribution in [0.3, 0.4) is 0 Å². The van der Waals surface area contributed by atoms with Crippen molar-refractivity contribution in [1.29, 1.82) is 0 Å². The van der Waals surface area contributed by atoms with E-state index in [9.17, 15) is 4.79 Å². The molecule has 0 spiro atoms. The average molecular weight is 133 g/mol. The number of ether oxygens (including phenoxy) is 1. The zero-order valence-electron chi connectivity index (χ0n) is 5.33. The summed E-state index contributed by atoms with van der Waals surface area (Å²) in [5.74, 6) is 0. The molecular weight excluding hydrogens is 122 g/mol. The van der Waals surface area contributed by atoms with Crippen molar-refractivity contribution in [3.05, 3.63) is 0 Å². The summed E-state index contributed by atoms with van der Waals surface area (Å²) in [6.45, 7) is 0.286. The Bertz CT molecular complexity index is 72.6. The molecule has 0 aliphatic carbocycles. The van der Waals surface area contributed by atoms with Crippen LogP contribution < -0.4 is 5.32 Å². The van der Waals surface area contributed by atoms with E-state index in [4.69, 9.17) is 9.84 Å². The molecular formula is C5H11NO3. The molecule has 0 saturated carbocycles. The number of methoxy groups -OCH3 is 1. The average Bonchev–Trinajstić information content (AvgIpc) is 1.91. The first kappa shape index (κ1) is 8.39. The summed E-state index contributed by atoms with van der Waals surface area (Å²) >= 11 is 0. The first-order valence-electron chi connectivity index (χ1n) is 2.65. The summed E-state index contributed by atoms with van der Waals surface area (Å²) in [4.78, 5) is 9.69. The Morgan fingerprint density at radius 1 is 1.89 bits per heavy atom. The molecule has 0 heterocycles. The molecule has 0 aromatic heterocycles. The molecule has 9 heavy (non-hydrogen) atoms. The lowest BCUT2D eigenvalue weighted by atomic mass is 10.4. The van der Waals surface area contributed by atoms with E-state index in [0.717, 1.165) is 0 Å². The third kappa shape index (κ3) is 3.93. The highest BCUT2D eigenvalue weighted by Gasteiger charge is 2.01. The normalized spacial score (nSPS) is 12.7. The van der Waals surface area contributed by atoms with Crippen LogP contribution in [0.15, 0.2) is 0 Å². The van der Waals surface area contributed by atoms with E-state index in [-0.39, 0.29) is 12.7 Å². The Hall–Kier alpha value is -0.610. The van der Waals surface area contributed by atoms with Crippen LogP contribution in [0.5, 0.6) is 0 Å². The minimum absolute atomic E-state index is 0.0721. The van der Waals surface area contributed by atoms with E-state index in [0.29, 0.717) is 13.0 Å². The molecule has 0 aliphatic rings. The Morgan fingerprint density at radius 3 is 2.89 bits per heavy atom. The van der Waals surface area contributed by atoms with Gasteiger partial charge in [-0.3, -0.25) is 4.79 Å². The zero-order valence-corrected chi connectivity index (χ0v) is 5.33. The Labute approximate surface area is 53.8 Å². The summed E-state index contributed by atoms with van der Waals surface area (Å²) in [5, 5.41) is 10.9. The van der Waals surface area contributed by atoms with Gasteiger partial charge >= 0.3 is 0 Å². The van der Waals surface area contributed by atoms with E-state index in [2.05, 4.69) is 5.32 Å². The summed E-state index contributed by atoms with van der Waals surface area (Å²) in [5.41, 5.74) is 0. The molecule has 54 valence electrons. The van der Waals surface area contributed by atoms with Gasteiger partial charge in [-0.05, 0) is 0 Å². The second-order valence-corrected chi connectivity index (χ2v) is 1.57. The SMILES string of the molecule is COC(CO)CNC=O. The lowest BCUT2D eigenvalue weighted by Crippen LogP contribution is -2.30. The monoisotopic (exact) mass is 133 g/mol. The van der Waals surface area contributed by atoms with Crippen molar-refractivity contribution in [2.24, 2.45) is 0 Å². The third-order valence-electron chi connectivity index (χ3n) is 0.966. The summed E-state index contributed by atoms with van der Waals surface area (Å²) < 4.78 is 4.73. The molecule has 0 aromatic rings. The van der Waals surface area contributed by atoms with Crippen LogP contribution in [-0.4, -0.2) is 37.9 Å². The van der Waals surface area contributed by atoms with Crippen LogP contribution in [0.4, 0.5) is 0 Å². The van der Waals surface area contributed by atoms with Crippen molar-refractivity contribution in [2.75, 3.05) is 20.3 Å². The van der Waals surface area contributed by atoms with Gasteiger partial charge < -0.3 is 15.2 Å². The second kappa shape index (κ2) is 5.53. The number of nitrogens with one attached hydrogen (secondary N) is 1. The van der Waals surface area contributed by atoms with Gasteiger partial charge in [-0.15, -0.1) is 0 Å². The van der Waals surface area contributed by atoms with Gasteiger partial charge in [-0.1, -0.05) is 0 Å². The first-order valence-corrected chi connectivity index (χ1v) is 2.65. The van der Waals surface area contributed by atoms with Crippen molar-refractivity contribution in [2.45, 2.75) is 6.10 Å². The first-order chi connectivity index (χ1) is 4.35. The molecule has 0 saturated heterocycles. The number of carbonyl (C=O) groups is 1. The van der Waals surface area contributed by atoms with E-state index in [1.807, 2.05) is 0 Å². The molecule has 0 fully saturated rings. The van der Waals surface area contributed by atoms with E-state index in [1.165, 1.54) is 7.11 Å². The quantitative estimate of drug-likeness (QED) is 0.460. The molecule has 1 atom stereocenters. The number of aliphatic hydroxyl groups excluding tert-OH is 1. The molecule has 4 nitrogen and oxygen atoms in total. The fourth-order valence-electron chi connectivity index (χ4n) is 0.402. The lowest BCUT2D eigenvalue weighted by molar-refractivity contribution is -0.110. The maximum atomic E-state index is 9.69. The van der Waals surface area contributed by atoms with Gasteiger partial charge in [0.05, 0.1) is 12.7 Å². The zero-order chi connectivity index (χ0) is 7.11. The van der Waals surface area contributed by atoms with Crippen molar-refractivity contribution in [1.82, 2.24) is 5.32 Å². The molecule has 0 aliphatic heterocycles. The van der Waals surface area contributed by atoms with Crippen LogP contribution in [0.2, 0.25) is 0 Å². The smallest absolute Gasteiger partial charge is 0.207 e. The van der Waals surface area contributed by atoms with Crippen molar-refractivity contribution in [3.8, 4) is 0 Å². The van der Waals surface area contributed by atoms with Gasteiger partial charge in [0.2, 0.25) is 6.41 Å². The molecule has 1 amide bonds. The number of carbonyl (C=O) groups excluding carboxylic acids is 1. The van der Waals surface area contributed by atoms with E-state index >= 15 is 0 Å². The van der Waals surface area contributed by atoms with Crippen LogP contribution in [0.25, 0.3) is 0 Å². The maximum Gasteiger partial charge on any atom is 0.207 e. The molecule has 0 bridgehead atoms. The number of hydrogen-bond donors (Lipinski definition) is 2. The van der Waals surface area contributed by atoms with Crippen LogP contribution in [0.1, 0.15) is 0 Å². The van der Waals surface area contributed by atoms with Crippen molar-refractivity contribution >= 4 is 6.41 Å². The summed E-state index contributed by atoms with van der Waals surface area (Å²) in [7, 11) is 1.48. The largest absolute Gasteiger partial charge is 0.394 e. The van der Waals surface area contributed by atoms with Crippen LogP contribution in [-0.2, 0) is 9.53 Å². The molecule has 4 heteroatoms. The van der Waals surface area contributed by atoms with Crippen LogP contribution in [0, 0.1) is 0 Å². The highest BCUT2D eigenvalue weighted by Crippen LogP contribution is 1.82. The van der Waals surface area contributed by atoms with E-state index in [1.54, 1.807) is 0 Å². The third-order valence-corrected chi connectivity index (χ3v) is 0.966. The number of aliphatic hydroxyl groups is 1. The van der Waals surface area contributed by atoms with Gasteiger partial charge in [-0.2, -0.15) is 0 Å². The van der Waals surface area contributed by atoms with Crippen molar-refractivity contribution < 1.29 is 14.6 Å². The van der Waals surface area contributed by atoms with E-state index < -0.39 is 0 Å². The van der Waals surface area contributed by atoms with Gasteiger partial charge in [0.15, 0.2) is 0 Å². The number of hydrogen-bond acceptors (Lipinski definition) is 3. The Kier molecular flexibility index (Phi) is 5.15. The fourth-order valence-corrected chi connectivity index (χ4v) is 0.402. The molecule has 1 unspecified atom stereocenters. The maximum absolute atomic E-state index is 9.69. The van der Waals surface area contributed by atoms with Crippen molar-refractivity contribution in [3.63, 3.8) is 0 Å². The standard InChI is InChI=1S/C5H11NO3/c1-9-5(3-7)2-6-4-8/h4-5,7H,2-3H2,1H3,(H,6,8). The number of rotatable bonds is 5. The predicted octanol–water partition coefficient (Wildman–Crippen LogP) is -1.26. The fraction of sp³-hybridized carbons (Fsp3) is 0.800. The summed E-state index contributed by atoms with van der Waals surface area (Å²) in [6, 6.07) is 0. The van der Waals surface area contributed by atoms with Crippen LogP contribution >= 0.6 is 0 Å².